The van der Waals surface area contributed by atoms with Crippen molar-refractivity contribution in [2.45, 2.75) is 19.3 Å². The summed E-state index contributed by atoms with van der Waals surface area (Å²) in [4.78, 5) is 12.0. The number of rotatable bonds is 8. The number of carbonyl (C=O) groups excluding carboxylic acids is 1. The fraction of sp³-hybridized carbons (Fsp3) is 0.429. The maximum atomic E-state index is 12.0. The summed E-state index contributed by atoms with van der Waals surface area (Å²) < 4.78 is 10.2. The van der Waals surface area contributed by atoms with Crippen LogP contribution in [0.3, 0.4) is 0 Å². The zero-order chi connectivity index (χ0) is 15.7. The van der Waals surface area contributed by atoms with Gasteiger partial charge in [0.25, 0.3) is 5.91 Å². The first kappa shape index (κ1) is 16.6. The number of benzene rings is 1. The molecule has 1 rings (SSSR count). The van der Waals surface area contributed by atoms with Gasteiger partial charge < -0.3 is 25.7 Å². The van der Waals surface area contributed by atoms with Gasteiger partial charge in [-0.2, -0.15) is 0 Å². The molecule has 0 aromatic heterocycles. The molecule has 0 radical (unpaired) electrons. The number of hydrogen-bond donors (Lipinski definition) is 3. The van der Waals surface area contributed by atoms with Gasteiger partial charge in [0, 0.05) is 24.6 Å². The average molecular weight is 295 g/mol. The third-order valence-corrected chi connectivity index (χ3v) is 2.89. The summed E-state index contributed by atoms with van der Waals surface area (Å²) in [5.41, 5.74) is 5.83. The number of ether oxygens (including phenoxy) is 2. The van der Waals surface area contributed by atoms with E-state index in [0.717, 1.165) is 12.8 Å². The topological polar surface area (TPSA) is 106 Å². The van der Waals surface area contributed by atoms with E-state index in [1.807, 2.05) is 0 Å². The second-order valence-electron chi connectivity index (χ2n) is 4.41. The van der Waals surface area contributed by atoms with Crippen LogP contribution in [-0.4, -0.2) is 37.7 Å². The molecule has 1 aromatic rings. The number of nitrogens with one attached hydrogen (secondary N) is 1. The lowest BCUT2D eigenvalue weighted by Crippen LogP contribution is -2.24. The molecule has 0 aliphatic heterocycles. The predicted octanol–water partition coefficient (Wildman–Crippen LogP) is 1.35. The van der Waals surface area contributed by atoms with E-state index in [4.69, 9.17) is 20.4 Å². The molecule has 0 aliphatic carbocycles. The lowest BCUT2D eigenvalue weighted by atomic mass is 10.1. The van der Waals surface area contributed by atoms with Gasteiger partial charge >= 0.3 is 0 Å². The highest BCUT2D eigenvalue weighted by molar-refractivity contribution is 5.95. The van der Waals surface area contributed by atoms with Crippen LogP contribution in [0.15, 0.2) is 23.4 Å². The summed E-state index contributed by atoms with van der Waals surface area (Å²) in [6.45, 7) is 0.511. The van der Waals surface area contributed by atoms with Gasteiger partial charge in [0.2, 0.25) is 0 Å². The first-order valence-corrected chi connectivity index (χ1v) is 6.58. The number of carbonyl (C=O) groups is 1. The van der Waals surface area contributed by atoms with Crippen molar-refractivity contribution in [3.05, 3.63) is 23.8 Å². The van der Waals surface area contributed by atoms with Crippen LogP contribution in [0, 0.1) is 0 Å². The maximum absolute atomic E-state index is 12.0. The van der Waals surface area contributed by atoms with Crippen LogP contribution in [0.2, 0.25) is 0 Å². The largest absolute Gasteiger partial charge is 0.497 e. The van der Waals surface area contributed by atoms with Crippen molar-refractivity contribution in [3.63, 3.8) is 0 Å². The van der Waals surface area contributed by atoms with E-state index in [1.54, 1.807) is 18.2 Å². The van der Waals surface area contributed by atoms with E-state index in [-0.39, 0.29) is 11.7 Å². The van der Waals surface area contributed by atoms with Gasteiger partial charge in [0.1, 0.15) is 17.3 Å². The molecular weight excluding hydrogens is 274 g/mol. The summed E-state index contributed by atoms with van der Waals surface area (Å²) >= 11 is 0. The molecule has 21 heavy (non-hydrogen) atoms. The zero-order valence-electron chi connectivity index (χ0n) is 12.3. The zero-order valence-corrected chi connectivity index (χ0v) is 12.3. The minimum Gasteiger partial charge on any atom is -0.497 e. The number of oxime groups is 1. The second-order valence-corrected chi connectivity index (χ2v) is 4.41. The van der Waals surface area contributed by atoms with E-state index >= 15 is 0 Å². The molecule has 0 heterocycles. The monoisotopic (exact) mass is 295 g/mol. The molecular formula is C14H21N3O4. The molecule has 0 saturated heterocycles. The molecule has 0 saturated carbocycles. The smallest absolute Gasteiger partial charge is 0.251 e. The van der Waals surface area contributed by atoms with Crippen LogP contribution >= 0.6 is 0 Å². The lowest BCUT2D eigenvalue weighted by molar-refractivity contribution is 0.0952. The van der Waals surface area contributed by atoms with Crippen LogP contribution in [-0.2, 0) is 0 Å². The van der Waals surface area contributed by atoms with Gasteiger partial charge in [-0.1, -0.05) is 5.16 Å². The number of methoxy groups -OCH3 is 2. The third kappa shape index (κ3) is 5.60. The van der Waals surface area contributed by atoms with E-state index in [9.17, 15) is 4.79 Å². The third-order valence-electron chi connectivity index (χ3n) is 2.89. The highest BCUT2D eigenvalue weighted by atomic mass is 16.5. The molecule has 7 nitrogen and oxygen atoms in total. The van der Waals surface area contributed by atoms with Crippen molar-refractivity contribution >= 4 is 11.7 Å². The highest BCUT2D eigenvalue weighted by Gasteiger charge is 2.09. The van der Waals surface area contributed by atoms with Crippen molar-refractivity contribution in [1.82, 2.24) is 5.32 Å². The molecule has 0 atom stereocenters. The van der Waals surface area contributed by atoms with E-state index < -0.39 is 0 Å². The average Bonchev–Trinajstić information content (AvgIpc) is 2.53. The van der Waals surface area contributed by atoms with Gasteiger partial charge in [-0.15, -0.1) is 0 Å². The van der Waals surface area contributed by atoms with Crippen LogP contribution in [0.1, 0.15) is 29.6 Å². The van der Waals surface area contributed by atoms with Gasteiger partial charge in [-0.3, -0.25) is 4.79 Å². The molecule has 1 amide bonds. The molecule has 0 bridgehead atoms. The Morgan fingerprint density at radius 1 is 1.24 bits per heavy atom. The Balaban J connectivity index is 2.48. The molecule has 116 valence electrons. The molecule has 0 aliphatic rings. The normalized spacial score (nSPS) is 11.0. The van der Waals surface area contributed by atoms with Gasteiger partial charge in [-0.25, -0.2) is 0 Å². The SMILES string of the molecule is COc1cc(OC)cc(C(=O)NCCCCC(N)=NO)c1. The number of hydrogen-bond acceptors (Lipinski definition) is 5. The van der Waals surface area contributed by atoms with Crippen LogP contribution in [0.25, 0.3) is 0 Å². The van der Waals surface area contributed by atoms with Crippen LogP contribution < -0.4 is 20.5 Å². The fourth-order valence-electron chi connectivity index (χ4n) is 1.72. The van der Waals surface area contributed by atoms with Crippen molar-refractivity contribution in [1.29, 1.82) is 0 Å². The molecule has 1 aromatic carbocycles. The Morgan fingerprint density at radius 3 is 2.38 bits per heavy atom. The van der Waals surface area contributed by atoms with Gasteiger partial charge in [0.05, 0.1) is 14.2 Å². The lowest BCUT2D eigenvalue weighted by Gasteiger charge is -2.09. The fourth-order valence-corrected chi connectivity index (χ4v) is 1.72. The number of amidine groups is 1. The standard InChI is InChI=1S/C14H21N3O4/c1-20-11-7-10(8-12(9-11)21-2)14(18)16-6-4-3-5-13(15)17-19/h7-9,19H,3-6H2,1-2H3,(H2,15,17)(H,16,18). The van der Waals surface area contributed by atoms with Gasteiger partial charge in [-0.05, 0) is 25.0 Å². The Labute approximate surface area is 123 Å². The van der Waals surface area contributed by atoms with E-state index in [0.29, 0.717) is 30.0 Å². The number of amides is 1. The van der Waals surface area contributed by atoms with Crippen molar-refractivity contribution in [2.24, 2.45) is 10.9 Å². The quantitative estimate of drug-likeness (QED) is 0.221. The molecule has 0 fully saturated rings. The Bertz CT molecular complexity index is 481. The van der Waals surface area contributed by atoms with E-state index in [2.05, 4.69) is 10.5 Å². The summed E-state index contributed by atoms with van der Waals surface area (Å²) in [6.07, 6.45) is 1.97. The summed E-state index contributed by atoms with van der Waals surface area (Å²) in [5, 5.41) is 14.1. The number of nitrogens with two attached hydrogens (primary N) is 1. The minimum absolute atomic E-state index is 0.193. The minimum atomic E-state index is -0.198. The maximum Gasteiger partial charge on any atom is 0.251 e. The Morgan fingerprint density at radius 2 is 1.86 bits per heavy atom. The molecule has 0 spiro atoms. The first-order valence-electron chi connectivity index (χ1n) is 6.58. The predicted molar refractivity (Wildman–Crippen MR) is 79.1 cm³/mol. The van der Waals surface area contributed by atoms with Crippen LogP contribution in [0.4, 0.5) is 0 Å². The van der Waals surface area contributed by atoms with Crippen molar-refractivity contribution < 1.29 is 19.5 Å². The second kappa shape index (κ2) is 8.68. The Kier molecular flexibility index (Phi) is 6.86. The summed E-state index contributed by atoms with van der Waals surface area (Å²) in [6, 6.07) is 5.00. The first-order chi connectivity index (χ1) is 10.1. The van der Waals surface area contributed by atoms with Gasteiger partial charge in [0.15, 0.2) is 0 Å². The molecule has 0 unspecified atom stereocenters. The number of unbranched alkanes of at least 4 members (excludes halogenated alkanes) is 1. The molecule has 7 heteroatoms. The van der Waals surface area contributed by atoms with Crippen molar-refractivity contribution in [3.8, 4) is 11.5 Å². The Hall–Kier alpha value is -2.44. The molecule has 4 N–H and O–H groups in total. The summed E-state index contributed by atoms with van der Waals surface area (Å²) in [7, 11) is 3.06. The van der Waals surface area contributed by atoms with Crippen LogP contribution in [0.5, 0.6) is 11.5 Å². The number of nitrogens with zero attached hydrogens (tertiary/aromatic N) is 1. The van der Waals surface area contributed by atoms with E-state index in [1.165, 1.54) is 14.2 Å². The summed E-state index contributed by atoms with van der Waals surface area (Å²) in [5.74, 6) is 1.12. The highest BCUT2D eigenvalue weighted by Crippen LogP contribution is 2.22. The van der Waals surface area contributed by atoms with Crippen molar-refractivity contribution in [2.75, 3.05) is 20.8 Å².